The molecule has 162 valence electrons. The van der Waals surface area contributed by atoms with Crippen molar-refractivity contribution >= 4 is 40.7 Å². The Labute approximate surface area is 185 Å². The Morgan fingerprint density at radius 3 is 2.94 bits per heavy atom. The third kappa shape index (κ3) is 3.64. The lowest BCUT2D eigenvalue weighted by Gasteiger charge is -2.12. The third-order valence-electron chi connectivity index (χ3n) is 4.82. The van der Waals surface area contributed by atoms with Crippen molar-refractivity contribution in [3.63, 3.8) is 0 Å². The van der Waals surface area contributed by atoms with E-state index in [1.807, 2.05) is 6.92 Å². The number of ether oxygens (including phenoxy) is 2. The van der Waals surface area contributed by atoms with Gasteiger partial charge in [0.2, 0.25) is 12.6 Å². The van der Waals surface area contributed by atoms with E-state index in [9.17, 15) is 14.4 Å². The second-order valence-corrected chi connectivity index (χ2v) is 7.93. The van der Waals surface area contributed by atoms with Crippen LogP contribution in [0.4, 0.5) is 4.79 Å². The number of benzene rings is 1. The van der Waals surface area contributed by atoms with E-state index >= 15 is 0 Å². The highest BCUT2D eigenvalue weighted by atomic mass is 32.2. The van der Waals surface area contributed by atoms with Gasteiger partial charge in [-0.3, -0.25) is 19.3 Å². The number of carbonyl (C=O) groups excluding carboxylic acids is 3. The Balaban J connectivity index is 1.22. The predicted molar refractivity (Wildman–Crippen MR) is 113 cm³/mol. The molecule has 1 saturated heterocycles. The van der Waals surface area contributed by atoms with Crippen LogP contribution in [0.5, 0.6) is 11.5 Å². The minimum Gasteiger partial charge on any atom is -0.454 e. The smallest absolute Gasteiger partial charge is 0.293 e. The van der Waals surface area contributed by atoms with Gasteiger partial charge in [-0.2, -0.15) is 4.98 Å². The summed E-state index contributed by atoms with van der Waals surface area (Å²) in [6.45, 7) is 2.07. The van der Waals surface area contributed by atoms with Gasteiger partial charge in [0.15, 0.2) is 11.5 Å². The molecule has 1 aromatic carbocycles. The van der Waals surface area contributed by atoms with Crippen molar-refractivity contribution in [3.8, 4) is 11.5 Å². The summed E-state index contributed by atoms with van der Waals surface area (Å²) < 4.78 is 12.1. The van der Waals surface area contributed by atoms with Gasteiger partial charge in [0.25, 0.3) is 22.8 Å². The molecule has 2 aromatic heterocycles. The fraction of sp³-hybridized carbons (Fsp3) is 0.200. The molecule has 4 heterocycles. The largest absolute Gasteiger partial charge is 0.454 e. The van der Waals surface area contributed by atoms with Gasteiger partial charge >= 0.3 is 0 Å². The number of hydrogen-bond donors (Lipinski definition) is 1. The van der Waals surface area contributed by atoms with Crippen LogP contribution in [0.15, 0.2) is 35.4 Å². The maximum Gasteiger partial charge on any atom is 0.293 e. The molecule has 3 aromatic rings. The number of amides is 3. The molecule has 3 amide bonds. The number of hydrogen-bond acceptors (Lipinski definition) is 9. The summed E-state index contributed by atoms with van der Waals surface area (Å²) in [5, 5.41) is 6.36. The molecule has 0 atom stereocenters. The topological polar surface area (TPSA) is 128 Å². The average Bonchev–Trinajstić information content (AvgIpc) is 3.48. The van der Waals surface area contributed by atoms with Crippen molar-refractivity contribution < 1.29 is 23.9 Å². The number of aromatic nitrogens is 4. The fourth-order valence-corrected chi connectivity index (χ4v) is 4.08. The minimum atomic E-state index is -0.516. The number of fused-ring (bicyclic) bond motifs is 2. The van der Waals surface area contributed by atoms with Crippen LogP contribution >= 0.6 is 11.8 Å². The first-order chi connectivity index (χ1) is 15.5. The van der Waals surface area contributed by atoms with Crippen molar-refractivity contribution in [2.24, 2.45) is 0 Å². The van der Waals surface area contributed by atoms with Crippen molar-refractivity contribution in [1.82, 2.24) is 29.8 Å². The first-order valence-corrected chi connectivity index (χ1v) is 10.4. The second-order valence-electron chi connectivity index (χ2n) is 6.94. The van der Waals surface area contributed by atoms with Gasteiger partial charge in [0.05, 0.1) is 4.91 Å². The van der Waals surface area contributed by atoms with Crippen LogP contribution in [-0.4, -0.2) is 61.4 Å². The molecule has 2 aliphatic rings. The number of nitrogens with zero attached hydrogens (tertiary/aromatic N) is 5. The molecule has 0 spiro atoms. The van der Waals surface area contributed by atoms with Gasteiger partial charge in [-0.25, -0.2) is 9.50 Å². The number of imide groups is 1. The SMILES string of the molecule is Cc1ccnc2nc(C(=O)NCCN3C(=O)S/C(=C\c4ccc5c(c4)OCO5)C3=O)nn12. The highest BCUT2D eigenvalue weighted by molar-refractivity contribution is 8.18. The van der Waals surface area contributed by atoms with Crippen molar-refractivity contribution in [2.75, 3.05) is 19.9 Å². The van der Waals surface area contributed by atoms with Gasteiger partial charge in [0, 0.05) is 25.0 Å². The van der Waals surface area contributed by atoms with Crippen LogP contribution in [0.3, 0.4) is 0 Å². The van der Waals surface area contributed by atoms with E-state index in [-0.39, 0.29) is 25.7 Å². The molecule has 12 heteroatoms. The van der Waals surface area contributed by atoms with E-state index in [0.29, 0.717) is 22.2 Å². The lowest BCUT2D eigenvalue weighted by Crippen LogP contribution is -2.37. The molecular weight excluding hydrogens is 436 g/mol. The molecule has 11 nitrogen and oxygen atoms in total. The zero-order chi connectivity index (χ0) is 22.2. The zero-order valence-corrected chi connectivity index (χ0v) is 17.6. The molecule has 0 bridgehead atoms. The highest BCUT2D eigenvalue weighted by Crippen LogP contribution is 2.36. The van der Waals surface area contributed by atoms with Gasteiger partial charge in [-0.15, -0.1) is 5.10 Å². The van der Waals surface area contributed by atoms with Crippen LogP contribution in [0, 0.1) is 6.92 Å². The van der Waals surface area contributed by atoms with Gasteiger partial charge in [-0.1, -0.05) is 6.07 Å². The summed E-state index contributed by atoms with van der Waals surface area (Å²) in [6.07, 6.45) is 3.21. The number of nitrogens with one attached hydrogen (secondary N) is 1. The molecule has 1 N–H and O–H groups in total. The monoisotopic (exact) mass is 452 g/mol. The van der Waals surface area contributed by atoms with Gasteiger partial charge in [-0.05, 0) is 48.5 Å². The van der Waals surface area contributed by atoms with E-state index in [2.05, 4.69) is 20.4 Å². The summed E-state index contributed by atoms with van der Waals surface area (Å²) in [5.41, 5.74) is 1.50. The Morgan fingerprint density at radius 1 is 1.25 bits per heavy atom. The van der Waals surface area contributed by atoms with Crippen LogP contribution in [0.1, 0.15) is 21.9 Å². The van der Waals surface area contributed by atoms with Crippen LogP contribution in [0.25, 0.3) is 11.9 Å². The Bertz CT molecular complexity index is 1300. The first kappa shape index (κ1) is 20.0. The van der Waals surface area contributed by atoms with Gasteiger partial charge in [0.1, 0.15) is 0 Å². The second kappa shape index (κ2) is 7.96. The van der Waals surface area contributed by atoms with E-state index in [1.165, 1.54) is 4.52 Å². The molecule has 0 saturated carbocycles. The van der Waals surface area contributed by atoms with Gasteiger partial charge < -0.3 is 14.8 Å². The number of rotatable bonds is 5. The molecule has 0 unspecified atom stereocenters. The van der Waals surface area contributed by atoms with E-state index in [0.717, 1.165) is 27.9 Å². The lowest BCUT2D eigenvalue weighted by atomic mass is 10.2. The summed E-state index contributed by atoms with van der Waals surface area (Å²) >= 11 is 0.847. The van der Waals surface area contributed by atoms with Crippen LogP contribution < -0.4 is 14.8 Å². The average molecular weight is 452 g/mol. The molecule has 2 aliphatic heterocycles. The van der Waals surface area contributed by atoms with Crippen molar-refractivity contribution in [2.45, 2.75) is 6.92 Å². The molecule has 5 rings (SSSR count). The Kier molecular flexibility index (Phi) is 4.98. The summed E-state index contributed by atoms with van der Waals surface area (Å²) in [5.74, 6) is 0.567. The maximum absolute atomic E-state index is 12.7. The summed E-state index contributed by atoms with van der Waals surface area (Å²) in [6, 6.07) is 7.02. The quantitative estimate of drug-likeness (QED) is 0.574. The molecule has 0 aliphatic carbocycles. The van der Waals surface area contributed by atoms with Crippen LogP contribution in [-0.2, 0) is 4.79 Å². The molecule has 0 radical (unpaired) electrons. The maximum atomic E-state index is 12.7. The standard InChI is InChI=1S/C20H16N6O5S/c1-11-4-5-22-19-23-16(24-26(11)19)17(27)21-6-7-25-18(28)15(32-20(25)29)9-12-2-3-13-14(8-12)31-10-30-13/h2-5,8-9H,6-7,10H2,1H3,(H,21,27)/b15-9-. The first-order valence-electron chi connectivity index (χ1n) is 9.61. The molecular formula is C20H16N6O5S. The zero-order valence-electron chi connectivity index (χ0n) is 16.8. The number of carbonyl (C=O) groups is 3. The lowest BCUT2D eigenvalue weighted by molar-refractivity contribution is -0.122. The van der Waals surface area contributed by atoms with Crippen LogP contribution in [0.2, 0.25) is 0 Å². The Morgan fingerprint density at radius 2 is 2.09 bits per heavy atom. The van der Waals surface area contributed by atoms with Crippen molar-refractivity contribution in [3.05, 3.63) is 52.4 Å². The van der Waals surface area contributed by atoms with E-state index in [1.54, 1.807) is 36.5 Å². The van der Waals surface area contributed by atoms with E-state index in [4.69, 9.17) is 9.47 Å². The predicted octanol–water partition coefficient (Wildman–Crippen LogP) is 1.63. The number of aryl methyl sites for hydroxylation is 1. The fourth-order valence-electron chi connectivity index (χ4n) is 3.21. The molecule has 32 heavy (non-hydrogen) atoms. The summed E-state index contributed by atoms with van der Waals surface area (Å²) in [7, 11) is 0. The normalized spacial score (nSPS) is 16.4. The van der Waals surface area contributed by atoms with E-state index < -0.39 is 17.1 Å². The number of thioether (sulfide) groups is 1. The summed E-state index contributed by atoms with van der Waals surface area (Å²) in [4.78, 5) is 46.9. The highest BCUT2D eigenvalue weighted by Gasteiger charge is 2.34. The third-order valence-corrected chi connectivity index (χ3v) is 5.73. The molecule has 1 fully saturated rings. The Hall–Kier alpha value is -3.93. The minimum absolute atomic E-state index is 0.0273. The van der Waals surface area contributed by atoms with Crippen molar-refractivity contribution in [1.29, 1.82) is 0 Å².